The van der Waals surface area contributed by atoms with Crippen LogP contribution in [0.4, 0.5) is 5.82 Å². The van der Waals surface area contributed by atoms with Gasteiger partial charge in [-0.3, -0.25) is 5.10 Å². The highest BCUT2D eigenvalue weighted by Gasteiger charge is 2.28. The largest absolute Gasteiger partial charge is 0.354 e. The maximum Gasteiger partial charge on any atom is 0.181 e. The van der Waals surface area contributed by atoms with Gasteiger partial charge in [-0.2, -0.15) is 5.10 Å². The van der Waals surface area contributed by atoms with E-state index in [2.05, 4.69) is 37.5 Å². The minimum atomic E-state index is 0.587. The number of nitrogens with zero attached hydrogens (tertiary/aromatic N) is 4. The van der Waals surface area contributed by atoms with E-state index in [9.17, 15) is 0 Å². The Bertz CT molecular complexity index is 884. The fourth-order valence-electron chi connectivity index (χ4n) is 3.73. The maximum atomic E-state index is 4.92. The van der Waals surface area contributed by atoms with Crippen LogP contribution in [0.2, 0.25) is 0 Å². The Labute approximate surface area is 146 Å². The molecule has 1 atom stereocenters. The van der Waals surface area contributed by atoms with Crippen molar-refractivity contribution in [1.29, 1.82) is 0 Å². The van der Waals surface area contributed by atoms with E-state index < -0.39 is 0 Å². The van der Waals surface area contributed by atoms with Crippen LogP contribution in [0.5, 0.6) is 0 Å². The van der Waals surface area contributed by atoms with Gasteiger partial charge in [-0.15, -0.1) is 0 Å². The molecule has 128 valence electrons. The molecule has 0 unspecified atom stereocenters. The molecular weight excluding hydrogens is 312 g/mol. The number of H-pyrrole nitrogens is 1. The summed E-state index contributed by atoms with van der Waals surface area (Å²) in [6.07, 6.45) is 5.88. The van der Waals surface area contributed by atoms with E-state index >= 15 is 0 Å². The lowest BCUT2D eigenvalue weighted by Crippen LogP contribution is -2.51. The first-order chi connectivity index (χ1) is 12.4. The minimum absolute atomic E-state index is 0.587. The molecule has 1 saturated heterocycles. The Kier molecular flexibility index (Phi) is 3.63. The van der Waals surface area contributed by atoms with Crippen LogP contribution >= 0.6 is 0 Å². The summed E-state index contributed by atoms with van der Waals surface area (Å²) in [7, 11) is 0. The molecule has 5 rings (SSSR count). The predicted molar refractivity (Wildman–Crippen MR) is 98.5 cm³/mol. The molecule has 3 aromatic rings. The first kappa shape index (κ1) is 14.8. The molecule has 0 aromatic carbocycles. The Morgan fingerprint density at radius 3 is 3.04 bits per heavy atom. The molecule has 3 aromatic heterocycles. The van der Waals surface area contributed by atoms with Crippen molar-refractivity contribution in [2.24, 2.45) is 5.92 Å². The van der Waals surface area contributed by atoms with Crippen molar-refractivity contribution in [3.63, 3.8) is 0 Å². The first-order valence-electron chi connectivity index (χ1n) is 9.12. The van der Waals surface area contributed by atoms with E-state index in [0.717, 1.165) is 53.8 Å². The summed E-state index contributed by atoms with van der Waals surface area (Å²) < 4.78 is 0. The molecule has 0 bridgehead atoms. The molecule has 0 radical (unpaired) electrons. The maximum absolute atomic E-state index is 4.92. The van der Waals surface area contributed by atoms with Gasteiger partial charge >= 0.3 is 0 Å². The molecule has 1 aliphatic carbocycles. The highest BCUT2D eigenvalue weighted by molar-refractivity contribution is 5.89. The van der Waals surface area contributed by atoms with E-state index in [1.807, 2.05) is 18.2 Å². The number of anilines is 1. The Balaban J connectivity index is 1.42. The molecule has 25 heavy (non-hydrogen) atoms. The summed E-state index contributed by atoms with van der Waals surface area (Å²) in [5, 5.41) is 12.1. The van der Waals surface area contributed by atoms with Gasteiger partial charge in [-0.1, -0.05) is 18.9 Å². The molecule has 4 heterocycles. The molecular formula is C19H22N6. The minimum Gasteiger partial charge on any atom is -0.354 e. The Morgan fingerprint density at radius 2 is 2.12 bits per heavy atom. The lowest BCUT2D eigenvalue weighted by Gasteiger charge is -2.34. The van der Waals surface area contributed by atoms with Crippen LogP contribution in [0.3, 0.4) is 0 Å². The third-order valence-corrected chi connectivity index (χ3v) is 5.21. The zero-order chi connectivity index (χ0) is 16.6. The van der Waals surface area contributed by atoms with Crippen molar-refractivity contribution in [3.8, 4) is 11.4 Å². The monoisotopic (exact) mass is 334 g/mol. The highest BCUT2D eigenvalue weighted by atomic mass is 15.2. The van der Waals surface area contributed by atoms with Crippen LogP contribution in [-0.2, 0) is 0 Å². The van der Waals surface area contributed by atoms with E-state index in [-0.39, 0.29) is 0 Å². The van der Waals surface area contributed by atoms with Gasteiger partial charge in [-0.05, 0) is 36.6 Å². The second-order valence-electron chi connectivity index (χ2n) is 7.13. The Morgan fingerprint density at radius 1 is 1.16 bits per heavy atom. The molecule has 1 saturated carbocycles. The lowest BCUT2D eigenvalue weighted by atomic mass is 10.1. The van der Waals surface area contributed by atoms with Crippen molar-refractivity contribution < 1.29 is 0 Å². The first-order valence-corrected chi connectivity index (χ1v) is 9.12. The van der Waals surface area contributed by atoms with Crippen molar-refractivity contribution in [1.82, 2.24) is 25.5 Å². The molecule has 2 aliphatic rings. The van der Waals surface area contributed by atoms with E-state index in [4.69, 9.17) is 4.98 Å². The van der Waals surface area contributed by atoms with Crippen LogP contribution < -0.4 is 10.2 Å². The van der Waals surface area contributed by atoms with Gasteiger partial charge in [0.2, 0.25) is 0 Å². The summed E-state index contributed by atoms with van der Waals surface area (Å²) in [5.74, 6) is 1.99. The second-order valence-corrected chi connectivity index (χ2v) is 7.13. The number of piperazine rings is 1. The highest BCUT2D eigenvalue weighted by Crippen LogP contribution is 2.34. The standard InChI is InChI=1S/C19H22N6/c1-4-16(18-15-3-2-8-21-19(15)24-23-18)22-17(5-1)25-10-9-20-14(12-25)11-13-6-7-13/h1-5,8,13-14,20H,6-7,9-12H2,(H,21,23,24)/t14-/m0/s1. The molecule has 1 aliphatic heterocycles. The average molecular weight is 334 g/mol. The molecule has 6 heteroatoms. The third-order valence-electron chi connectivity index (χ3n) is 5.21. The molecule has 6 nitrogen and oxygen atoms in total. The fraction of sp³-hybridized carbons (Fsp3) is 0.421. The summed E-state index contributed by atoms with van der Waals surface area (Å²) in [6, 6.07) is 10.8. The lowest BCUT2D eigenvalue weighted by molar-refractivity contribution is 0.416. The number of aromatic nitrogens is 4. The number of aromatic amines is 1. The van der Waals surface area contributed by atoms with Crippen molar-refractivity contribution in [3.05, 3.63) is 36.5 Å². The predicted octanol–water partition coefficient (Wildman–Crippen LogP) is 2.60. The summed E-state index contributed by atoms with van der Waals surface area (Å²) in [6.45, 7) is 3.07. The SMILES string of the molecule is c1cc(-c2[nH]nc3ncccc23)nc(N2CCN[C@@H](CC3CC3)C2)c1. The number of hydrogen-bond donors (Lipinski definition) is 2. The van der Waals surface area contributed by atoms with Crippen LogP contribution in [0.1, 0.15) is 19.3 Å². The van der Waals surface area contributed by atoms with E-state index in [1.165, 1.54) is 19.3 Å². The van der Waals surface area contributed by atoms with Crippen LogP contribution in [-0.4, -0.2) is 45.8 Å². The zero-order valence-corrected chi connectivity index (χ0v) is 14.2. The summed E-state index contributed by atoms with van der Waals surface area (Å²) in [4.78, 5) is 11.6. The van der Waals surface area contributed by atoms with Gasteiger partial charge in [0.15, 0.2) is 5.65 Å². The van der Waals surface area contributed by atoms with Gasteiger partial charge in [0, 0.05) is 37.3 Å². The summed E-state index contributed by atoms with van der Waals surface area (Å²) >= 11 is 0. The topological polar surface area (TPSA) is 69.7 Å². The number of rotatable bonds is 4. The smallest absolute Gasteiger partial charge is 0.181 e. The number of hydrogen-bond acceptors (Lipinski definition) is 5. The van der Waals surface area contributed by atoms with E-state index in [0.29, 0.717) is 6.04 Å². The number of nitrogens with one attached hydrogen (secondary N) is 2. The van der Waals surface area contributed by atoms with E-state index in [1.54, 1.807) is 6.20 Å². The number of fused-ring (bicyclic) bond motifs is 1. The van der Waals surface area contributed by atoms with Gasteiger partial charge in [-0.25, -0.2) is 9.97 Å². The zero-order valence-electron chi connectivity index (χ0n) is 14.2. The van der Waals surface area contributed by atoms with Crippen molar-refractivity contribution in [2.75, 3.05) is 24.5 Å². The molecule has 2 N–H and O–H groups in total. The molecule has 0 spiro atoms. The van der Waals surface area contributed by atoms with Gasteiger partial charge in [0.25, 0.3) is 0 Å². The van der Waals surface area contributed by atoms with Crippen LogP contribution in [0.25, 0.3) is 22.4 Å². The quantitative estimate of drug-likeness (QED) is 0.767. The Hall–Kier alpha value is -2.47. The van der Waals surface area contributed by atoms with Gasteiger partial charge < -0.3 is 10.2 Å². The average Bonchev–Trinajstić information content (AvgIpc) is 3.37. The fourth-order valence-corrected chi connectivity index (χ4v) is 3.73. The number of pyridine rings is 2. The summed E-state index contributed by atoms with van der Waals surface area (Å²) in [5.41, 5.74) is 2.59. The third kappa shape index (κ3) is 2.98. The molecule has 0 amide bonds. The van der Waals surface area contributed by atoms with Crippen LogP contribution in [0, 0.1) is 5.92 Å². The van der Waals surface area contributed by atoms with Gasteiger partial charge in [0.1, 0.15) is 5.82 Å². The van der Waals surface area contributed by atoms with Gasteiger partial charge in [0.05, 0.1) is 11.4 Å². The van der Waals surface area contributed by atoms with Crippen molar-refractivity contribution >= 4 is 16.9 Å². The van der Waals surface area contributed by atoms with Crippen molar-refractivity contribution in [2.45, 2.75) is 25.3 Å². The normalized spacial score (nSPS) is 21.0. The molecule has 2 fully saturated rings. The van der Waals surface area contributed by atoms with Crippen LogP contribution in [0.15, 0.2) is 36.5 Å². The second kappa shape index (κ2) is 6.11.